The van der Waals surface area contributed by atoms with Crippen LogP contribution in [0.2, 0.25) is 0 Å². The SMILES string of the molecule is CCSCCCOc1cccc(CC(C)N)c1. The number of nitrogens with two attached hydrogens (primary N) is 1. The second-order valence-electron chi connectivity index (χ2n) is 4.23. The van der Waals surface area contributed by atoms with E-state index in [1.54, 1.807) is 0 Å². The normalized spacial score (nSPS) is 12.4. The Balaban J connectivity index is 2.32. The van der Waals surface area contributed by atoms with E-state index in [4.69, 9.17) is 10.5 Å². The highest BCUT2D eigenvalue weighted by atomic mass is 32.2. The molecule has 1 rings (SSSR count). The molecule has 3 heteroatoms. The lowest BCUT2D eigenvalue weighted by molar-refractivity contribution is 0.318. The van der Waals surface area contributed by atoms with Gasteiger partial charge in [-0.25, -0.2) is 0 Å². The predicted octanol–water partition coefficient (Wildman–Crippen LogP) is 3.10. The maximum Gasteiger partial charge on any atom is 0.119 e. The number of ether oxygens (including phenoxy) is 1. The number of hydrogen-bond donors (Lipinski definition) is 1. The number of hydrogen-bond acceptors (Lipinski definition) is 3. The second-order valence-corrected chi connectivity index (χ2v) is 5.62. The van der Waals surface area contributed by atoms with E-state index in [1.807, 2.05) is 30.8 Å². The smallest absolute Gasteiger partial charge is 0.119 e. The highest BCUT2D eigenvalue weighted by molar-refractivity contribution is 7.99. The zero-order chi connectivity index (χ0) is 12.5. The lowest BCUT2D eigenvalue weighted by Crippen LogP contribution is -2.17. The van der Waals surface area contributed by atoms with Crippen LogP contribution >= 0.6 is 11.8 Å². The van der Waals surface area contributed by atoms with Crippen molar-refractivity contribution >= 4 is 11.8 Å². The quantitative estimate of drug-likeness (QED) is 0.723. The summed E-state index contributed by atoms with van der Waals surface area (Å²) < 4.78 is 5.72. The van der Waals surface area contributed by atoms with Gasteiger partial charge in [0.05, 0.1) is 6.61 Å². The van der Waals surface area contributed by atoms with Crippen molar-refractivity contribution in [3.63, 3.8) is 0 Å². The molecule has 0 heterocycles. The van der Waals surface area contributed by atoms with E-state index in [0.717, 1.165) is 25.2 Å². The van der Waals surface area contributed by atoms with Gasteiger partial charge < -0.3 is 10.5 Å². The first kappa shape index (κ1) is 14.4. The van der Waals surface area contributed by atoms with Crippen molar-refractivity contribution in [2.45, 2.75) is 32.7 Å². The van der Waals surface area contributed by atoms with Gasteiger partial charge in [-0.3, -0.25) is 0 Å². The van der Waals surface area contributed by atoms with E-state index in [9.17, 15) is 0 Å². The third-order valence-electron chi connectivity index (χ3n) is 2.36. The highest BCUT2D eigenvalue weighted by Crippen LogP contribution is 2.15. The molecule has 0 amide bonds. The zero-order valence-electron chi connectivity index (χ0n) is 10.8. The van der Waals surface area contributed by atoms with Gasteiger partial charge >= 0.3 is 0 Å². The van der Waals surface area contributed by atoms with Crippen LogP contribution in [0.25, 0.3) is 0 Å². The van der Waals surface area contributed by atoms with Gasteiger partial charge in [0, 0.05) is 6.04 Å². The van der Waals surface area contributed by atoms with Crippen molar-refractivity contribution in [2.75, 3.05) is 18.1 Å². The molecular weight excluding hydrogens is 230 g/mol. The monoisotopic (exact) mass is 253 g/mol. The number of rotatable bonds is 8. The van der Waals surface area contributed by atoms with Crippen molar-refractivity contribution in [3.05, 3.63) is 29.8 Å². The van der Waals surface area contributed by atoms with Crippen molar-refractivity contribution in [2.24, 2.45) is 5.73 Å². The summed E-state index contributed by atoms with van der Waals surface area (Å²) in [7, 11) is 0. The van der Waals surface area contributed by atoms with Gasteiger partial charge in [0.15, 0.2) is 0 Å². The van der Waals surface area contributed by atoms with Gasteiger partial charge in [0.1, 0.15) is 5.75 Å². The Morgan fingerprint density at radius 3 is 2.94 bits per heavy atom. The van der Waals surface area contributed by atoms with E-state index in [1.165, 1.54) is 17.1 Å². The summed E-state index contributed by atoms with van der Waals surface area (Å²) in [4.78, 5) is 0. The average molecular weight is 253 g/mol. The van der Waals surface area contributed by atoms with Crippen LogP contribution in [-0.4, -0.2) is 24.2 Å². The van der Waals surface area contributed by atoms with E-state index < -0.39 is 0 Å². The molecule has 0 saturated carbocycles. The second kappa shape index (κ2) is 8.43. The molecule has 1 unspecified atom stereocenters. The van der Waals surface area contributed by atoms with Crippen molar-refractivity contribution < 1.29 is 4.74 Å². The number of thioether (sulfide) groups is 1. The molecule has 0 radical (unpaired) electrons. The van der Waals surface area contributed by atoms with Gasteiger partial charge in [-0.15, -0.1) is 0 Å². The van der Waals surface area contributed by atoms with E-state index >= 15 is 0 Å². The minimum atomic E-state index is 0.200. The topological polar surface area (TPSA) is 35.2 Å². The number of benzene rings is 1. The third kappa shape index (κ3) is 6.59. The molecule has 1 atom stereocenters. The van der Waals surface area contributed by atoms with Gasteiger partial charge in [-0.1, -0.05) is 19.1 Å². The maximum absolute atomic E-state index is 5.79. The zero-order valence-corrected chi connectivity index (χ0v) is 11.6. The summed E-state index contributed by atoms with van der Waals surface area (Å²) >= 11 is 1.96. The molecule has 0 bridgehead atoms. The standard InChI is InChI=1S/C14H23NOS/c1-3-17-9-5-8-16-14-7-4-6-13(11-14)10-12(2)15/h4,6-7,11-12H,3,5,8-10,15H2,1-2H3. The predicted molar refractivity (Wildman–Crippen MR) is 76.9 cm³/mol. The van der Waals surface area contributed by atoms with Crippen LogP contribution in [0.3, 0.4) is 0 Å². The molecule has 17 heavy (non-hydrogen) atoms. The highest BCUT2D eigenvalue weighted by Gasteiger charge is 2.00. The van der Waals surface area contributed by atoms with Crippen molar-refractivity contribution in [3.8, 4) is 5.75 Å². The fourth-order valence-electron chi connectivity index (χ4n) is 1.63. The van der Waals surface area contributed by atoms with Gasteiger partial charge in [-0.05, 0) is 49.0 Å². The first-order valence-corrected chi connectivity index (χ1v) is 7.43. The van der Waals surface area contributed by atoms with Gasteiger partial charge in [0.2, 0.25) is 0 Å². The van der Waals surface area contributed by atoms with Gasteiger partial charge in [-0.2, -0.15) is 11.8 Å². The fraction of sp³-hybridized carbons (Fsp3) is 0.571. The summed E-state index contributed by atoms with van der Waals surface area (Å²) in [6, 6.07) is 8.44. The average Bonchev–Trinajstić information content (AvgIpc) is 2.28. The molecule has 2 nitrogen and oxygen atoms in total. The molecule has 0 aliphatic rings. The Morgan fingerprint density at radius 1 is 1.41 bits per heavy atom. The van der Waals surface area contributed by atoms with Gasteiger partial charge in [0.25, 0.3) is 0 Å². The van der Waals surface area contributed by atoms with Crippen molar-refractivity contribution in [1.29, 1.82) is 0 Å². The summed E-state index contributed by atoms with van der Waals surface area (Å²) in [5, 5.41) is 0. The third-order valence-corrected chi connectivity index (χ3v) is 3.35. The molecule has 0 spiro atoms. The minimum Gasteiger partial charge on any atom is -0.494 e. The van der Waals surface area contributed by atoms with E-state index in [2.05, 4.69) is 19.1 Å². The molecule has 0 aliphatic carbocycles. The van der Waals surface area contributed by atoms with Crippen LogP contribution in [0.1, 0.15) is 25.8 Å². The largest absolute Gasteiger partial charge is 0.494 e. The first-order valence-electron chi connectivity index (χ1n) is 6.27. The van der Waals surface area contributed by atoms with Crippen LogP contribution in [-0.2, 0) is 6.42 Å². The lowest BCUT2D eigenvalue weighted by atomic mass is 10.1. The Labute approximate surface area is 109 Å². The van der Waals surface area contributed by atoms with Crippen LogP contribution in [0, 0.1) is 0 Å². The van der Waals surface area contributed by atoms with Crippen molar-refractivity contribution in [1.82, 2.24) is 0 Å². The summed E-state index contributed by atoms with van der Waals surface area (Å²) in [6.07, 6.45) is 2.01. The molecule has 1 aromatic rings. The Hall–Kier alpha value is -0.670. The van der Waals surface area contributed by atoms with Crippen LogP contribution < -0.4 is 10.5 Å². The maximum atomic E-state index is 5.79. The van der Waals surface area contributed by atoms with Crippen LogP contribution in [0.5, 0.6) is 5.75 Å². The molecule has 0 aliphatic heterocycles. The molecule has 1 aromatic carbocycles. The molecule has 2 N–H and O–H groups in total. The fourth-order valence-corrected chi connectivity index (χ4v) is 2.24. The van der Waals surface area contributed by atoms with E-state index in [0.29, 0.717) is 0 Å². The summed E-state index contributed by atoms with van der Waals surface area (Å²) in [5.41, 5.74) is 7.04. The van der Waals surface area contributed by atoms with Crippen LogP contribution in [0.15, 0.2) is 24.3 Å². The minimum absolute atomic E-state index is 0.200. The first-order chi connectivity index (χ1) is 8.22. The molecular formula is C14H23NOS. The summed E-state index contributed by atoms with van der Waals surface area (Å²) in [5.74, 6) is 3.32. The Morgan fingerprint density at radius 2 is 2.24 bits per heavy atom. The Kier molecular flexibility index (Phi) is 7.13. The molecule has 96 valence electrons. The molecule has 0 saturated heterocycles. The molecule has 0 aromatic heterocycles. The van der Waals surface area contributed by atoms with Crippen LogP contribution in [0.4, 0.5) is 0 Å². The summed E-state index contributed by atoms with van der Waals surface area (Å²) in [6.45, 7) is 5.01. The lowest BCUT2D eigenvalue weighted by Gasteiger charge is -2.09. The molecule has 0 fully saturated rings. The van der Waals surface area contributed by atoms with E-state index in [-0.39, 0.29) is 6.04 Å². The Bertz CT molecular complexity index is 315.